The summed E-state index contributed by atoms with van der Waals surface area (Å²) < 4.78 is 32.6. The van der Waals surface area contributed by atoms with E-state index in [2.05, 4.69) is 5.32 Å². The van der Waals surface area contributed by atoms with Gasteiger partial charge in [0.05, 0.1) is 4.90 Å². The number of halogens is 1. The van der Waals surface area contributed by atoms with E-state index >= 15 is 0 Å². The van der Waals surface area contributed by atoms with Crippen LogP contribution < -0.4 is 10.1 Å². The van der Waals surface area contributed by atoms with E-state index < -0.39 is 10.0 Å². The fraction of sp³-hybridized carbons (Fsp3) is 0.381. The molecular weight excluding hydrogens is 412 g/mol. The maximum absolute atomic E-state index is 12.8. The second-order valence-electron chi connectivity index (χ2n) is 6.98. The van der Waals surface area contributed by atoms with Gasteiger partial charge in [0.1, 0.15) is 5.75 Å². The van der Waals surface area contributed by atoms with Gasteiger partial charge in [0.15, 0.2) is 6.61 Å². The van der Waals surface area contributed by atoms with Crippen LogP contribution in [0.15, 0.2) is 53.4 Å². The highest BCUT2D eigenvalue weighted by atomic mass is 35.5. The van der Waals surface area contributed by atoms with Crippen molar-refractivity contribution in [2.45, 2.75) is 37.1 Å². The SMILES string of the molecule is O=C(COc1ccc(S(=O)(=O)N2CCCCCC2)cc1)NCc1ccc(Cl)cc1. The number of hydrogen-bond acceptors (Lipinski definition) is 4. The van der Waals surface area contributed by atoms with E-state index in [-0.39, 0.29) is 17.4 Å². The lowest BCUT2D eigenvalue weighted by atomic mass is 10.2. The van der Waals surface area contributed by atoms with Crippen LogP contribution in [0.1, 0.15) is 31.2 Å². The molecule has 2 aromatic carbocycles. The predicted octanol–water partition coefficient (Wildman–Crippen LogP) is 3.60. The number of ether oxygens (including phenoxy) is 1. The average molecular weight is 437 g/mol. The van der Waals surface area contributed by atoms with E-state index in [0.717, 1.165) is 31.2 Å². The Morgan fingerprint density at radius 2 is 1.59 bits per heavy atom. The summed E-state index contributed by atoms with van der Waals surface area (Å²) in [6.45, 7) is 1.36. The third-order valence-electron chi connectivity index (χ3n) is 4.80. The number of hydrogen-bond donors (Lipinski definition) is 1. The molecule has 1 amide bonds. The monoisotopic (exact) mass is 436 g/mol. The number of amides is 1. The second kappa shape index (κ2) is 10.1. The highest BCUT2D eigenvalue weighted by Crippen LogP contribution is 2.22. The van der Waals surface area contributed by atoms with Gasteiger partial charge in [-0.3, -0.25) is 4.79 Å². The van der Waals surface area contributed by atoms with Gasteiger partial charge >= 0.3 is 0 Å². The van der Waals surface area contributed by atoms with Gasteiger partial charge in [0.25, 0.3) is 5.91 Å². The Morgan fingerprint density at radius 1 is 0.966 bits per heavy atom. The summed E-state index contributed by atoms with van der Waals surface area (Å²) >= 11 is 5.83. The smallest absolute Gasteiger partial charge is 0.258 e. The maximum atomic E-state index is 12.8. The van der Waals surface area contributed by atoms with Crippen LogP contribution in [0.2, 0.25) is 5.02 Å². The molecule has 1 heterocycles. The molecule has 1 aliphatic rings. The van der Waals surface area contributed by atoms with Crippen molar-refractivity contribution >= 4 is 27.5 Å². The first kappa shape index (κ1) is 21.6. The van der Waals surface area contributed by atoms with Gasteiger partial charge in [0.2, 0.25) is 10.0 Å². The lowest BCUT2D eigenvalue weighted by Gasteiger charge is -2.20. The fourth-order valence-corrected chi connectivity index (χ4v) is 4.78. The molecule has 0 bridgehead atoms. The molecule has 1 N–H and O–H groups in total. The molecule has 156 valence electrons. The third-order valence-corrected chi connectivity index (χ3v) is 6.96. The maximum Gasteiger partial charge on any atom is 0.258 e. The molecule has 29 heavy (non-hydrogen) atoms. The molecule has 0 aromatic heterocycles. The average Bonchev–Trinajstić information content (AvgIpc) is 3.02. The molecule has 0 unspecified atom stereocenters. The van der Waals surface area contributed by atoms with Gasteiger partial charge < -0.3 is 10.1 Å². The highest BCUT2D eigenvalue weighted by Gasteiger charge is 2.25. The van der Waals surface area contributed by atoms with Gasteiger partial charge in [-0.2, -0.15) is 4.31 Å². The number of benzene rings is 2. The van der Waals surface area contributed by atoms with Crippen LogP contribution in [0, 0.1) is 0 Å². The molecular formula is C21H25ClN2O4S. The van der Waals surface area contributed by atoms with Crippen molar-refractivity contribution in [2.24, 2.45) is 0 Å². The quantitative estimate of drug-likeness (QED) is 0.719. The highest BCUT2D eigenvalue weighted by molar-refractivity contribution is 7.89. The summed E-state index contributed by atoms with van der Waals surface area (Å²) in [4.78, 5) is 12.2. The van der Waals surface area contributed by atoms with Crippen molar-refractivity contribution in [1.82, 2.24) is 9.62 Å². The summed E-state index contributed by atoms with van der Waals surface area (Å²) in [5.74, 6) is 0.183. The molecule has 6 nitrogen and oxygen atoms in total. The van der Waals surface area contributed by atoms with E-state index in [1.54, 1.807) is 28.6 Å². The Bertz CT molecular complexity index is 907. The minimum atomic E-state index is -3.49. The number of carbonyl (C=O) groups is 1. The fourth-order valence-electron chi connectivity index (χ4n) is 3.14. The van der Waals surface area contributed by atoms with Crippen molar-refractivity contribution < 1.29 is 17.9 Å². The molecule has 2 aromatic rings. The van der Waals surface area contributed by atoms with Gasteiger partial charge in [-0.15, -0.1) is 0 Å². The van der Waals surface area contributed by atoms with Crippen molar-refractivity contribution in [1.29, 1.82) is 0 Å². The van der Waals surface area contributed by atoms with Crippen molar-refractivity contribution in [2.75, 3.05) is 19.7 Å². The minimum Gasteiger partial charge on any atom is -0.484 e. The van der Waals surface area contributed by atoms with Gasteiger partial charge in [-0.25, -0.2) is 8.42 Å². The van der Waals surface area contributed by atoms with E-state index in [9.17, 15) is 13.2 Å². The van der Waals surface area contributed by atoms with Gasteiger partial charge in [-0.05, 0) is 54.8 Å². The molecule has 0 spiro atoms. The lowest BCUT2D eigenvalue weighted by molar-refractivity contribution is -0.123. The van der Waals surface area contributed by atoms with Crippen LogP contribution in [0.25, 0.3) is 0 Å². The molecule has 1 fully saturated rings. The summed E-state index contributed by atoms with van der Waals surface area (Å²) in [6.07, 6.45) is 3.93. The molecule has 0 radical (unpaired) electrons. The molecule has 3 rings (SSSR count). The zero-order valence-electron chi connectivity index (χ0n) is 16.1. The third kappa shape index (κ3) is 6.19. The number of carbonyl (C=O) groups excluding carboxylic acids is 1. The minimum absolute atomic E-state index is 0.147. The normalized spacial score (nSPS) is 15.5. The Labute approximate surface area is 176 Å². The number of nitrogens with one attached hydrogen (secondary N) is 1. The van der Waals surface area contributed by atoms with Crippen LogP contribution in [-0.4, -0.2) is 38.3 Å². The first-order valence-corrected chi connectivity index (χ1v) is 11.5. The molecule has 0 atom stereocenters. The van der Waals surface area contributed by atoms with Gasteiger partial charge in [0, 0.05) is 24.7 Å². The first-order valence-electron chi connectivity index (χ1n) is 9.69. The zero-order chi connectivity index (χ0) is 20.7. The molecule has 1 saturated heterocycles. The number of nitrogens with zero attached hydrogens (tertiary/aromatic N) is 1. The predicted molar refractivity (Wildman–Crippen MR) is 112 cm³/mol. The zero-order valence-corrected chi connectivity index (χ0v) is 17.7. The number of rotatable bonds is 7. The molecule has 8 heteroatoms. The Hall–Kier alpha value is -2.09. The van der Waals surface area contributed by atoms with Crippen LogP contribution in [-0.2, 0) is 21.4 Å². The van der Waals surface area contributed by atoms with E-state index in [1.807, 2.05) is 12.1 Å². The Morgan fingerprint density at radius 3 is 2.21 bits per heavy atom. The van der Waals surface area contributed by atoms with Crippen molar-refractivity contribution in [3.63, 3.8) is 0 Å². The number of sulfonamides is 1. The summed E-state index contributed by atoms with van der Waals surface area (Å²) in [6, 6.07) is 13.4. The Balaban J connectivity index is 1.50. The summed E-state index contributed by atoms with van der Waals surface area (Å²) in [7, 11) is -3.49. The molecule has 0 aliphatic carbocycles. The molecule has 0 saturated carbocycles. The van der Waals surface area contributed by atoms with Crippen molar-refractivity contribution in [3.05, 3.63) is 59.1 Å². The van der Waals surface area contributed by atoms with Crippen LogP contribution in [0.3, 0.4) is 0 Å². The van der Waals surface area contributed by atoms with Crippen molar-refractivity contribution in [3.8, 4) is 5.75 Å². The summed E-state index contributed by atoms with van der Waals surface area (Å²) in [5, 5.41) is 3.41. The standard InChI is InChI=1S/C21H25ClN2O4S/c22-18-7-5-17(6-8-18)15-23-21(25)16-28-19-9-11-20(12-10-19)29(26,27)24-13-3-1-2-4-14-24/h5-12H,1-4,13-16H2,(H,23,25). The largest absolute Gasteiger partial charge is 0.484 e. The summed E-state index contributed by atoms with van der Waals surface area (Å²) in [5.41, 5.74) is 0.936. The lowest BCUT2D eigenvalue weighted by Crippen LogP contribution is -2.31. The van der Waals surface area contributed by atoms with E-state index in [1.165, 1.54) is 12.1 Å². The van der Waals surface area contributed by atoms with E-state index in [4.69, 9.17) is 16.3 Å². The van der Waals surface area contributed by atoms with Crippen LogP contribution >= 0.6 is 11.6 Å². The second-order valence-corrected chi connectivity index (χ2v) is 9.36. The molecule has 1 aliphatic heterocycles. The van der Waals surface area contributed by atoms with Crippen LogP contribution in [0.5, 0.6) is 5.75 Å². The topological polar surface area (TPSA) is 75.7 Å². The van der Waals surface area contributed by atoms with Gasteiger partial charge in [-0.1, -0.05) is 36.6 Å². The first-order chi connectivity index (χ1) is 13.9. The van der Waals surface area contributed by atoms with E-state index in [0.29, 0.717) is 30.4 Å². The Kier molecular flexibility index (Phi) is 7.52. The van der Waals surface area contributed by atoms with Crippen LogP contribution in [0.4, 0.5) is 0 Å².